The van der Waals surface area contributed by atoms with Crippen LogP contribution in [0.15, 0.2) is 0 Å². The number of hydrogen-bond acceptors (Lipinski definition) is 5. The van der Waals surface area contributed by atoms with Crippen LogP contribution in [-0.2, 0) is 21.1 Å². The number of nitrogens with one attached hydrogen (secondary N) is 1. The molecule has 0 aliphatic carbocycles. The maximum atomic E-state index is 11.0. The van der Waals surface area contributed by atoms with Crippen molar-refractivity contribution in [1.29, 1.82) is 0 Å². The average Bonchev–Trinajstić information content (AvgIpc) is 2.28. The quantitative estimate of drug-likeness (QED) is 0.414. The molecule has 6 nitrogen and oxygen atoms in total. The molecule has 0 bridgehead atoms. The Morgan fingerprint density at radius 2 is 2.00 bits per heavy atom. The summed E-state index contributed by atoms with van der Waals surface area (Å²) in [6.07, 6.45) is 3.30. The van der Waals surface area contributed by atoms with E-state index in [1.807, 2.05) is 0 Å². The molecular formula is C10H23N2O4PS. The monoisotopic (exact) mass is 298 g/mol. The summed E-state index contributed by atoms with van der Waals surface area (Å²) in [5.41, 5.74) is 5.19. The summed E-state index contributed by atoms with van der Waals surface area (Å²) in [6, 6.07) is 0. The van der Waals surface area contributed by atoms with E-state index in [1.54, 1.807) is 6.66 Å². The SMILES string of the molecule is CP(O)(=S)OCCCCCCNC(=O)OCCN. The number of carbonyl (C=O) groups excluding carboxylic acids is 1. The molecule has 0 aromatic carbocycles. The van der Waals surface area contributed by atoms with Crippen LogP contribution < -0.4 is 11.1 Å². The van der Waals surface area contributed by atoms with E-state index in [2.05, 4.69) is 5.32 Å². The summed E-state index contributed by atoms with van der Waals surface area (Å²) in [5.74, 6) is 0. The molecule has 1 amide bonds. The second-order valence-electron chi connectivity index (χ2n) is 3.90. The lowest BCUT2D eigenvalue weighted by Crippen LogP contribution is -2.27. The van der Waals surface area contributed by atoms with Gasteiger partial charge in [-0.1, -0.05) is 12.8 Å². The summed E-state index contributed by atoms with van der Waals surface area (Å²) in [4.78, 5) is 20.2. The smallest absolute Gasteiger partial charge is 0.407 e. The van der Waals surface area contributed by atoms with Gasteiger partial charge in [0.2, 0.25) is 0 Å². The fourth-order valence-electron chi connectivity index (χ4n) is 1.21. The van der Waals surface area contributed by atoms with Crippen LogP contribution in [0.25, 0.3) is 0 Å². The lowest BCUT2D eigenvalue weighted by molar-refractivity contribution is 0.149. The van der Waals surface area contributed by atoms with Gasteiger partial charge >= 0.3 is 6.09 Å². The first-order valence-corrected chi connectivity index (χ1v) is 9.13. The van der Waals surface area contributed by atoms with Crippen molar-refractivity contribution in [1.82, 2.24) is 5.32 Å². The van der Waals surface area contributed by atoms with Gasteiger partial charge in [0.25, 0.3) is 0 Å². The summed E-state index contributed by atoms with van der Waals surface area (Å²) in [5, 5.41) is 2.63. The van der Waals surface area contributed by atoms with Gasteiger partial charge in [-0.3, -0.25) is 0 Å². The Morgan fingerprint density at radius 3 is 2.61 bits per heavy atom. The Hall–Kier alpha value is -0.200. The van der Waals surface area contributed by atoms with Gasteiger partial charge in [-0.05, 0) is 24.6 Å². The molecular weight excluding hydrogens is 275 g/mol. The van der Waals surface area contributed by atoms with Crippen molar-refractivity contribution in [2.45, 2.75) is 25.7 Å². The van der Waals surface area contributed by atoms with Crippen molar-refractivity contribution in [2.75, 3.05) is 33.0 Å². The molecule has 0 fully saturated rings. The van der Waals surface area contributed by atoms with Gasteiger partial charge in [0.15, 0.2) is 6.49 Å². The van der Waals surface area contributed by atoms with Crippen molar-refractivity contribution >= 4 is 24.4 Å². The zero-order valence-corrected chi connectivity index (χ0v) is 12.5. The van der Waals surface area contributed by atoms with E-state index >= 15 is 0 Å². The number of ether oxygens (including phenoxy) is 1. The zero-order valence-electron chi connectivity index (χ0n) is 10.8. The summed E-state index contributed by atoms with van der Waals surface area (Å²) in [6.45, 7) is 0.708. The van der Waals surface area contributed by atoms with Crippen molar-refractivity contribution in [2.24, 2.45) is 5.73 Å². The van der Waals surface area contributed by atoms with E-state index in [-0.39, 0.29) is 6.61 Å². The first-order chi connectivity index (χ1) is 8.45. The number of rotatable bonds is 10. The molecule has 8 heteroatoms. The highest BCUT2D eigenvalue weighted by molar-refractivity contribution is 8.09. The highest BCUT2D eigenvalue weighted by Gasteiger charge is 2.03. The zero-order chi connectivity index (χ0) is 13.9. The van der Waals surface area contributed by atoms with Crippen LogP contribution in [0.5, 0.6) is 0 Å². The highest BCUT2D eigenvalue weighted by Crippen LogP contribution is 2.37. The number of hydrogen-bond donors (Lipinski definition) is 3. The Balaban J connectivity index is 3.21. The molecule has 0 aromatic rings. The third-order valence-electron chi connectivity index (χ3n) is 2.02. The van der Waals surface area contributed by atoms with Gasteiger partial charge in [0.1, 0.15) is 6.61 Å². The summed E-state index contributed by atoms with van der Waals surface area (Å²) < 4.78 is 9.84. The number of unbranched alkanes of at least 4 members (excludes halogenated alkanes) is 3. The molecule has 0 heterocycles. The molecule has 4 N–H and O–H groups in total. The molecule has 0 aliphatic rings. The van der Waals surface area contributed by atoms with Crippen LogP contribution in [-0.4, -0.2) is 44.0 Å². The Morgan fingerprint density at radius 1 is 1.33 bits per heavy atom. The van der Waals surface area contributed by atoms with Crippen LogP contribution in [0.3, 0.4) is 0 Å². The van der Waals surface area contributed by atoms with Gasteiger partial charge in [-0.2, -0.15) is 0 Å². The second kappa shape index (κ2) is 10.7. The average molecular weight is 298 g/mol. The minimum absolute atomic E-state index is 0.243. The van der Waals surface area contributed by atoms with E-state index in [4.69, 9.17) is 26.8 Å². The Kier molecular flexibility index (Phi) is 10.6. The Labute approximate surface area is 113 Å². The molecule has 0 saturated heterocycles. The summed E-state index contributed by atoms with van der Waals surface area (Å²) in [7, 11) is 0. The normalized spacial score (nSPS) is 13.9. The van der Waals surface area contributed by atoms with Crippen molar-refractivity contribution in [3.63, 3.8) is 0 Å². The van der Waals surface area contributed by atoms with Gasteiger partial charge in [0, 0.05) is 19.8 Å². The van der Waals surface area contributed by atoms with Gasteiger partial charge < -0.3 is 25.2 Å². The van der Waals surface area contributed by atoms with E-state index in [9.17, 15) is 9.69 Å². The number of nitrogens with two attached hydrogens (primary N) is 1. The second-order valence-corrected chi connectivity index (χ2v) is 7.80. The highest BCUT2D eigenvalue weighted by atomic mass is 32.5. The third-order valence-corrected chi connectivity index (χ3v) is 3.00. The summed E-state index contributed by atoms with van der Waals surface area (Å²) >= 11 is 4.74. The maximum absolute atomic E-state index is 11.0. The third kappa shape index (κ3) is 13.9. The molecule has 1 atom stereocenters. The van der Waals surface area contributed by atoms with E-state index in [0.717, 1.165) is 25.7 Å². The van der Waals surface area contributed by atoms with E-state index < -0.39 is 12.6 Å². The van der Waals surface area contributed by atoms with Crippen LogP contribution in [0, 0.1) is 0 Å². The molecule has 0 radical (unpaired) electrons. The number of alkyl carbamates (subject to hydrolysis) is 1. The predicted molar refractivity (Wildman–Crippen MR) is 75.3 cm³/mol. The standard InChI is InChI=1S/C10H23N2O4PS/c1-17(14,18)16-8-5-3-2-4-7-12-10(13)15-9-6-11/h2-9,11H2,1H3,(H,12,13)(H,14,18). The lowest BCUT2D eigenvalue weighted by atomic mass is 10.2. The first kappa shape index (κ1) is 17.8. The fourth-order valence-corrected chi connectivity index (χ4v) is 1.90. The van der Waals surface area contributed by atoms with Gasteiger partial charge in [-0.25, -0.2) is 4.79 Å². The van der Waals surface area contributed by atoms with Crippen LogP contribution in [0.4, 0.5) is 4.79 Å². The van der Waals surface area contributed by atoms with Crippen LogP contribution in [0.2, 0.25) is 0 Å². The molecule has 0 spiro atoms. The van der Waals surface area contributed by atoms with Crippen LogP contribution in [0.1, 0.15) is 25.7 Å². The number of carbonyl (C=O) groups is 1. The molecule has 108 valence electrons. The fraction of sp³-hybridized carbons (Fsp3) is 0.900. The molecule has 0 rings (SSSR count). The minimum Gasteiger partial charge on any atom is -0.448 e. The lowest BCUT2D eigenvalue weighted by Gasteiger charge is -2.09. The largest absolute Gasteiger partial charge is 0.448 e. The van der Waals surface area contributed by atoms with E-state index in [0.29, 0.717) is 19.7 Å². The maximum Gasteiger partial charge on any atom is 0.407 e. The predicted octanol–water partition coefficient (Wildman–Crippen LogP) is 1.18. The topological polar surface area (TPSA) is 93.8 Å². The first-order valence-electron chi connectivity index (χ1n) is 6.01. The molecule has 18 heavy (non-hydrogen) atoms. The molecule has 1 unspecified atom stereocenters. The Bertz CT molecular complexity index is 273. The minimum atomic E-state index is -2.50. The van der Waals surface area contributed by atoms with Gasteiger partial charge in [0.05, 0.1) is 6.61 Å². The number of amides is 1. The molecule has 0 aromatic heterocycles. The van der Waals surface area contributed by atoms with Crippen molar-refractivity contribution < 1.29 is 18.9 Å². The van der Waals surface area contributed by atoms with Crippen LogP contribution >= 0.6 is 6.49 Å². The van der Waals surface area contributed by atoms with E-state index in [1.165, 1.54) is 0 Å². The molecule has 0 aliphatic heterocycles. The van der Waals surface area contributed by atoms with Crippen molar-refractivity contribution in [3.05, 3.63) is 0 Å². The van der Waals surface area contributed by atoms with Crippen molar-refractivity contribution in [3.8, 4) is 0 Å². The van der Waals surface area contributed by atoms with Gasteiger partial charge in [-0.15, -0.1) is 0 Å². The molecule has 0 saturated carbocycles.